The summed E-state index contributed by atoms with van der Waals surface area (Å²) in [6.07, 6.45) is -0.887. The maximum atomic E-state index is 12.5. The molecule has 0 spiro atoms. The third-order valence-electron chi connectivity index (χ3n) is 4.47. The average Bonchev–Trinajstić information content (AvgIpc) is 2.94. The molecule has 0 radical (unpaired) electrons. The Hall–Kier alpha value is -2.88. The first-order valence-electron chi connectivity index (χ1n) is 8.19. The molecule has 0 N–H and O–H groups in total. The van der Waals surface area contributed by atoms with Gasteiger partial charge in [-0.2, -0.15) is 0 Å². The molecule has 0 unspecified atom stereocenters. The smallest absolute Gasteiger partial charge is 0.375 e. The van der Waals surface area contributed by atoms with Crippen molar-refractivity contribution in [3.63, 3.8) is 0 Å². The first-order valence-corrected chi connectivity index (χ1v) is 8.19. The van der Waals surface area contributed by atoms with Crippen molar-refractivity contribution in [1.29, 1.82) is 0 Å². The fraction of sp³-hybridized carbons (Fsp3) is 0.238. The van der Waals surface area contributed by atoms with Crippen molar-refractivity contribution < 1.29 is 18.7 Å². The highest BCUT2D eigenvalue weighted by atomic mass is 16.6. The molecule has 4 nitrogen and oxygen atoms in total. The number of Topliss-reactive ketones (excluding diaryl/α,β-unsaturated/α-hetero) is 1. The van der Waals surface area contributed by atoms with Gasteiger partial charge in [0.25, 0.3) is 0 Å². The Labute approximate surface area is 146 Å². The van der Waals surface area contributed by atoms with Gasteiger partial charge in [0.2, 0.25) is 11.5 Å². The van der Waals surface area contributed by atoms with Crippen LogP contribution in [0.4, 0.5) is 0 Å². The number of carbonyl (C=O) groups is 2. The van der Waals surface area contributed by atoms with Gasteiger partial charge in [0.1, 0.15) is 5.58 Å². The van der Waals surface area contributed by atoms with Gasteiger partial charge in [-0.15, -0.1) is 0 Å². The number of esters is 1. The third-order valence-corrected chi connectivity index (χ3v) is 4.47. The van der Waals surface area contributed by atoms with Crippen LogP contribution in [0.5, 0.6) is 0 Å². The number of para-hydroxylation sites is 1. The second kappa shape index (κ2) is 6.55. The lowest BCUT2D eigenvalue weighted by Crippen LogP contribution is -2.24. The number of fused-ring (bicyclic) bond motifs is 1. The van der Waals surface area contributed by atoms with Crippen molar-refractivity contribution in [3.05, 3.63) is 70.5 Å². The lowest BCUT2D eigenvalue weighted by atomic mass is 10.0. The molecule has 25 heavy (non-hydrogen) atoms. The summed E-state index contributed by atoms with van der Waals surface area (Å²) in [5, 5.41) is 0.864. The Morgan fingerprint density at radius 2 is 1.72 bits per heavy atom. The number of benzene rings is 2. The zero-order valence-corrected chi connectivity index (χ0v) is 14.8. The van der Waals surface area contributed by atoms with Gasteiger partial charge in [-0.3, -0.25) is 4.79 Å². The molecule has 0 amide bonds. The van der Waals surface area contributed by atoms with Crippen LogP contribution in [0.2, 0.25) is 0 Å². The summed E-state index contributed by atoms with van der Waals surface area (Å²) in [6.45, 7) is 7.31. The van der Waals surface area contributed by atoms with E-state index in [1.54, 1.807) is 26.0 Å². The van der Waals surface area contributed by atoms with Gasteiger partial charge >= 0.3 is 5.97 Å². The van der Waals surface area contributed by atoms with Crippen molar-refractivity contribution >= 4 is 22.7 Å². The number of ether oxygens (including phenoxy) is 1. The van der Waals surface area contributed by atoms with Gasteiger partial charge in [-0.05, 0) is 51.0 Å². The number of hydrogen-bond acceptors (Lipinski definition) is 4. The Bertz CT molecular complexity index is 965. The predicted octanol–water partition coefficient (Wildman–Crippen LogP) is 4.79. The number of hydrogen-bond donors (Lipinski definition) is 0. The van der Waals surface area contributed by atoms with E-state index in [0.717, 1.165) is 16.5 Å². The molecule has 3 aromatic rings. The molecule has 1 atom stereocenters. The number of furan rings is 1. The minimum atomic E-state index is -0.887. The van der Waals surface area contributed by atoms with Crippen LogP contribution in [0.25, 0.3) is 11.0 Å². The maximum absolute atomic E-state index is 12.5. The highest BCUT2D eigenvalue weighted by Gasteiger charge is 2.24. The predicted molar refractivity (Wildman–Crippen MR) is 96.1 cm³/mol. The first-order chi connectivity index (χ1) is 11.9. The largest absolute Gasteiger partial charge is 0.449 e. The van der Waals surface area contributed by atoms with Crippen molar-refractivity contribution in [2.45, 2.75) is 33.8 Å². The normalized spacial score (nSPS) is 12.2. The van der Waals surface area contributed by atoms with Crippen LogP contribution in [-0.4, -0.2) is 17.9 Å². The standard InChI is InChI=1S/C21H20O4/c1-12-9-10-16(11-13(12)2)19(22)15(4)24-21(23)20-14(3)17-7-5-6-8-18(17)25-20/h5-11,15H,1-4H3/t15-/m0/s1. The second-order valence-electron chi connectivity index (χ2n) is 6.26. The van der Waals surface area contributed by atoms with Crippen molar-refractivity contribution in [3.8, 4) is 0 Å². The molecule has 0 bridgehead atoms. The van der Waals surface area contributed by atoms with Crippen molar-refractivity contribution in [2.75, 3.05) is 0 Å². The minimum absolute atomic E-state index is 0.140. The van der Waals surface area contributed by atoms with Crippen LogP contribution in [0, 0.1) is 20.8 Å². The van der Waals surface area contributed by atoms with Crippen LogP contribution in [-0.2, 0) is 4.74 Å². The summed E-state index contributed by atoms with van der Waals surface area (Å²) in [6, 6.07) is 12.9. The number of ketones is 1. The van der Waals surface area contributed by atoms with E-state index in [9.17, 15) is 9.59 Å². The molecule has 4 heteroatoms. The molecule has 1 aromatic heterocycles. The summed E-state index contributed by atoms with van der Waals surface area (Å²) < 4.78 is 10.9. The summed E-state index contributed by atoms with van der Waals surface area (Å²) in [5.41, 5.74) is 4.01. The van der Waals surface area contributed by atoms with Gasteiger partial charge in [0, 0.05) is 16.5 Å². The molecule has 0 aliphatic carbocycles. The molecule has 3 rings (SSSR count). The molecule has 1 heterocycles. The monoisotopic (exact) mass is 336 g/mol. The lowest BCUT2D eigenvalue weighted by molar-refractivity contribution is 0.0290. The van der Waals surface area contributed by atoms with Gasteiger partial charge in [-0.25, -0.2) is 4.79 Å². The van der Waals surface area contributed by atoms with E-state index in [0.29, 0.717) is 16.7 Å². The summed E-state index contributed by atoms with van der Waals surface area (Å²) in [7, 11) is 0. The van der Waals surface area contributed by atoms with E-state index < -0.39 is 12.1 Å². The van der Waals surface area contributed by atoms with E-state index in [4.69, 9.17) is 9.15 Å². The van der Waals surface area contributed by atoms with Crippen LogP contribution >= 0.6 is 0 Å². The topological polar surface area (TPSA) is 56.5 Å². The fourth-order valence-electron chi connectivity index (χ4n) is 2.77. The van der Waals surface area contributed by atoms with Gasteiger partial charge in [0.05, 0.1) is 0 Å². The summed E-state index contributed by atoms with van der Waals surface area (Å²) >= 11 is 0. The van der Waals surface area contributed by atoms with Crippen LogP contribution in [0.1, 0.15) is 44.5 Å². The molecular weight excluding hydrogens is 316 g/mol. The second-order valence-corrected chi connectivity index (χ2v) is 6.26. The highest BCUT2D eigenvalue weighted by molar-refractivity contribution is 6.02. The zero-order chi connectivity index (χ0) is 18.1. The van der Waals surface area contributed by atoms with E-state index in [-0.39, 0.29) is 11.5 Å². The molecule has 0 fully saturated rings. The van der Waals surface area contributed by atoms with Crippen LogP contribution in [0.15, 0.2) is 46.9 Å². The van der Waals surface area contributed by atoms with E-state index >= 15 is 0 Å². The van der Waals surface area contributed by atoms with E-state index in [1.807, 2.05) is 44.2 Å². The van der Waals surface area contributed by atoms with Gasteiger partial charge < -0.3 is 9.15 Å². The lowest BCUT2D eigenvalue weighted by Gasteiger charge is -2.12. The highest BCUT2D eigenvalue weighted by Crippen LogP contribution is 2.26. The fourth-order valence-corrected chi connectivity index (χ4v) is 2.77. The molecule has 128 valence electrons. The minimum Gasteiger partial charge on any atom is -0.449 e. The molecule has 0 saturated carbocycles. The summed E-state index contributed by atoms with van der Waals surface area (Å²) in [4.78, 5) is 25.0. The Morgan fingerprint density at radius 1 is 1.00 bits per heavy atom. The Kier molecular flexibility index (Phi) is 4.45. The number of rotatable bonds is 4. The van der Waals surface area contributed by atoms with E-state index in [1.165, 1.54) is 0 Å². The molecule has 0 aliphatic rings. The first kappa shape index (κ1) is 17.0. The molecule has 0 aliphatic heterocycles. The SMILES string of the molecule is Cc1ccc(C(=O)[C@H](C)OC(=O)c2oc3ccccc3c2C)cc1C. The van der Waals surface area contributed by atoms with Crippen LogP contribution < -0.4 is 0 Å². The average molecular weight is 336 g/mol. The van der Waals surface area contributed by atoms with Crippen molar-refractivity contribution in [1.82, 2.24) is 0 Å². The zero-order valence-electron chi connectivity index (χ0n) is 14.8. The Balaban J connectivity index is 1.80. The quantitative estimate of drug-likeness (QED) is 0.508. The molecule has 2 aromatic carbocycles. The Morgan fingerprint density at radius 3 is 2.40 bits per heavy atom. The van der Waals surface area contributed by atoms with E-state index in [2.05, 4.69) is 0 Å². The van der Waals surface area contributed by atoms with Crippen LogP contribution in [0.3, 0.4) is 0 Å². The number of aryl methyl sites for hydroxylation is 3. The number of carbonyl (C=O) groups excluding carboxylic acids is 2. The molecule has 0 saturated heterocycles. The molecular formula is C21H20O4. The maximum Gasteiger partial charge on any atom is 0.375 e. The van der Waals surface area contributed by atoms with Crippen molar-refractivity contribution in [2.24, 2.45) is 0 Å². The summed E-state index contributed by atoms with van der Waals surface area (Å²) in [5.74, 6) is -0.718. The van der Waals surface area contributed by atoms with Gasteiger partial charge in [-0.1, -0.05) is 30.3 Å². The third kappa shape index (κ3) is 3.20. The van der Waals surface area contributed by atoms with Gasteiger partial charge in [0.15, 0.2) is 6.10 Å².